The molecule has 1 aromatic heterocycles. The summed E-state index contributed by atoms with van der Waals surface area (Å²) in [5, 5.41) is 0.277. The number of benzene rings is 3. The van der Waals surface area contributed by atoms with Crippen LogP contribution in [0.5, 0.6) is 0 Å². The summed E-state index contributed by atoms with van der Waals surface area (Å²) in [5.74, 6) is -1.64. The van der Waals surface area contributed by atoms with Gasteiger partial charge < -0.3 is 0 Å². The van der Waals surface area contributed by atoms with Crippen molar-refractivity contribution in [2.75, 3.05) is 0 Å². The molecule has 4 aromatic rings. The fourth-order valence-electron chi connectivity index (χ4n) is 2.95. The van der Waals surface area contributed by atoms with E-state index in [0.29, 0.717) is 16.5 Å². The number of pyridine rings is 1. The SMILES string of the molecule is O=S(c1ccc(F)c(Cl)c1)c1cnc2cc(F)ccc2c1-c1ccccc1F. The zero-order chi connectivity index (χ0) is 19.8. The van der Waals surface area contributed by atoms with Crippen LogP contribution in [-0.4, -0.2) is 9.19 Å². The molecule has 1 heterocycles. The predicted octanol–water partition coefficient (Wildman–Crippen LogP) is 6.14. The molecule has 1 atom stereocenters. The second-order valence-corrected chi connectivity index (χ2v) is 7.84. The molecule has 2 nitrogen and oxygen atoms in total. The van der Waals surface area contributed by atoms with Crippen molar-refractivity contribution >= 4 is 33.3 Å². The van der Waals surface area contributed by atoms with Crippen LogP contribution in [0.25, 0.3) is 22.0 Å². The number of hydrogen-bond donors (Lipinski definition) is 0. The van der Waals surface area contributed by atoms with E-state index in [0.717, 1.165) is 6.07 Å². The van der Waals surface area contributed by atoms with Crippen LogP contribution >= 0.6 is 11.6 Å². The zero-order valence-electron chi connectivity index (χ0n) is 14.1. The first kappa shape index (κ1) is 18.7. The van der Waals surface area contributed by atoms with Crippen LogP contribution < -0.4 is 0 Å². The third kappa shape index (κ3) is 3.30. The molecule has 0 saturated heterocycles. The van der Waals surface area contributed by atoms with Gasteiger partial charge in [0.1, 0.15) is 17.5 Å². The van der Waals surface area contributed by atoms with Gasteiger partial charge in [0, 0.05) is 33.7 Å². The molecule has 7 heteroatoms. The zero-order valence-corrected chi connectivity index (χ0v) is 15.7. The Morgan fingerprint density at radius 2 is 1.68 bits per heavy atom. The largest absolute Gasteiger partial charge is 0.255 e. The van der Waals surface area contributed by atoms with Crippen molar-refractivity contribution in [1.29, 1.82) is 0 Å². The van der Waals surface area contributed by atoms with E-state index in [1.54, 1.807) is 12.1 Å². The van der Waals surface area contributed by atoms with Crippen LogP contribution in [-0.2, 0) is 10.8 Å². The number of nitrogens with zero attached hydrogens (tertiary/aromatic N) is 1. The van der Waals surface area contributed by atoms with Crippen molar-refractivity contribution in [3.63, 3.8) is 0 Å². The fourth-order valence-corrected chi connectivity index (χ4v) is 4.42. The molecule has 0 fully saturated rings. The first-order chi connectivity index (χ1) is 13.5. The van der Waals surface area contributed by atoms with Gasteiger partial charge in [-0.25, -0.2) is 17.4 Å². The van der Waals surface area contributed by atoms with Crippen LogP contribution in [0.4, 0.5) is 13.2 Å². The molecule has 140 valence electrons. The van der Waals surface area contributed by atoms with E-state index < -0.39 is 28.3 Å². The van der Waals surface area contributed by atoms with Crippen molar-refractivity contribution in [3.8, 4) is 11.1 Å². The molecule has 3 aromatic carbocycles. The molecular weight excluding hydrogens is 407 g/mol. The Kier molecular flexibility index (Phi) is 4.91. The first-order valence-electron chi connectivity index (χ1n) is 8.15. The molecule has 0 aliphatic heterocycles. The lowest BCUT2D eigenvalue weighted by Crippen LogP contribution is -2.00. The average molecular weight is 418 g/mol. The van der Waals surface area contributed by atoms with Gasteiger partial charge in [-0.15, -0.1) is 0 Å². The quantitative estimate of drug-likeness (QED) is 0.401. The highest BCUT2D eigenvalue weighted by molar-refractivity contribution is 7.85. The summed E-state index contributed by atoms with van der Waals surface area (Å²) in [6, 6.07) is 13.7. The molecule has 4 rings (SSSR count). The van der Waals surface area contributed by atoms with Gasteiger partial charge in [-0.2, -0.15) is 0 Å². The molecule has 0 N–H and O–H groups in total. The highest BCUT2D eigenvalue weighted by atomic mass is 35.5. The van der Waals surface area contributed by atoms with E-state index in [1.807, 2.05) is 0 Å². The highest BCUT2D eigenvalue weighted by Gasteiger charge is 2.20. The number of rotatable bonds is 3. The molecule has 0 saturated carbocycles. The van der Waals surface area contributed by atoms with E-state index in [1.165, 1.54) is 48.7 Å². The first-order valence-corrected chi connectivity index (χ1v) is 9.68. The Balaban J connectivity index is 2.02. The molecule has 0 bridgehead atoms. The van der Waals surface area contributed by atoms with Gasteiger partial charge in [0.15, 0.2) is 0 Å². The molecule has 0 spiro atoms. The Labute approximate surface area is 166 Å². The molecule has 0 aliphatic carbocycles. The Bertz CT molecular complexity index is 1250. The highest BCUT2D eigenvalue weighted by Crippen LogP contribution is 2.36. The number of hydrogen-bond acceptors (Lipinski definition) is 2. The van der Waals surface area contributed by atoms with E-state index in [2.05, 4.69) is 4.98 Å². The lowest BCUT2D eigenvalue weighted by Gasteiger charge is -2.14. The predicted molar refractivity (Wildman–Crippen MR) is 103 cm³/mol. The van der Waals surface area contributed by atoms with E-state index in [4.69, 9.17) is 11.6 Å². The molecule has 0 aliphatic rings. The van der Waals surface area contributed by atoms with Gasteiger partial charge in [0.25, 0.3) is 0 Å². The summed E-state index contributed by atoms with van der Waals surface area (Å²) in [6.07, 6.45) is 1.32. The maximum absolute atomic E-state index is 14.6. The second-order valence-electron chi connectivity index (χ2n) is 5.98. The summed E-state index contributed by atoms with van der Waals surface area (Å²) in [6.45, 7) is 0. The maximum atomic E-state index is 14.6. The summed E-state index contributed by atoms with van der Waals surface area (Å²) in [5.41, 5.74) is 0.844. The monoisotopic (exact) mass is 417 g/mol. The summed E-state index contributed by atoms with van der Waals surface area (Å²) < 4.78 is 54.9. The Morgan fingerprint density at radius 3 is 2.43 bits per heavy atom. The van der Waals surface area contributed by atoms with Gasteiger partial charge in [0.2, 0.25) is 0 Å². The van der Waals surface area contributed by atoms with Gasteiger partial charge in [0.05, 0.1) is 26.2 Å². The van der Waals surface area contributed by atoms with Crippen LogP contribution in [0.1, 0.15) is 0 Å². The Morgan fingerprint density at radius 1 is 0.893 bits per heavy atom. The molecular formula is C21H11ClF3NOS. The number of halogens is 4. The lowest BCUT2D eigenvalue weighted by atomic mass is 10.0. The molecule has 1 unspecified atom stereocenters. The van der Waals surface area contributed by atoms with Crippen molar-refractivity contribution < 1.29 is 17.4 Å². The van der Waals surface area contributed by atoms with Crippen molar-refractivity contribution in [3.05, 3.63) is 89.3 Å². The second kappa shape index (κ2) is 7.37. The number of aromatic nitrogens is 1. The average Bonchev–Trinajstić information content (AvgIpc) is 2.69. The maximum Gasteiger partial charge on any atom is 0.141 e. The fraction of sp³-hybridized carbons (Fsp3) is 0. The van der Waals surface area contributed by atoms with Gasteiger partial charge in [-0.1, -0.05) is 29.8 Å². The minimum atomic E-state index is -1.82. The standard InChI is InChI=1S/C21H11ClF3NOS/c22-16-10-13(6-8-18(16)25)28(27)20-11-26-19-9-12(23)5-7-15(19)21(20)14-3-1-2-4-17(14)24/h1-11H. The summed E-state index contributed by atoms with van der Waals surface area (Å²) in [7, 11) is -1.82. The Hall–Kier alpha value is -2.70. The van der Waals surface area contributed by atoms with Crippen LogP contribution in [0.15, 0.2) is 76.7 Å². The summed E-state index contributed by atoms with van der Waals surface area (Å²) in [4.78, 5) is 4.64. The van der Waals surface area contributed by atoms with Gasteiger partial charge in [-0.3, -0.25) is 4.98 Å². The molecule has 0 amide bonds. The van der Waals surface area contributed by atoms with E-state index in [9.17, 15) is 17.4 Å². The van der Waals surface area contributed by atoms with Crippen molar-refractivity contribution in [2.24, 2.45) is 0 Å². The summed E-state index contributed by atoms with van der Waals surface area (Å²) >= 11 is 5.81. The molecule has 28 heavy (non-hydrogen) atoms. The van der Waals surface area contributed by atoms with Crippen molar-refractivity contribution in [1.82, 2.24) is 4.98 Å². The van der Waals surface area contributed by atoms with Crippen LogP contribution in [0.2, 0.25) is 5.02 Å². The van der Waals surface area contributed by atoms with E-state index in [-0.39, 0.29) is 20.4 Å². The minimum Gasteiger partial charge on any atom is -0.255 e. The van der Waals surface area contributed by atoms with Crippen molar-refractivity contribution in [2.45, 2.75) is 9.79 Å². The normalized spacial score (nSPS) is 12.3. The van der Waals surface area contributed by atoms with E-state index >= 15 is 0 Å². The molecule has 0 radical (unpaired) electrons. The smallest absolute Gasteiger partial charge is 0.141 e. The third-order valence-corrected chi connectivity index (χ3v) is 5.93. The van der Waals surface area contributed by atoms with Gasteiger partial charge >= 0.3 is 0 Å². The van der Waals surface area contributed by atoms with Crippen LogP contribution in [0, 0.1) is 17.5 Å². The number of fused-ring (bicyclic) bond motifs is 1. The minimum absolute atomic E-state index is 0.172. The topological polar surface area (TPSA) is 30.0 Å². The lowest BCUT2D eigenvalue weighted by molar-refractivity contribution is 0.626. The van der Waals surface area contributed by atoms with Gasteiger partial charge in [-0.05, 0) is 36.4 Å². The van der Waals surface area contributed by atoms with Crippen LogP contribution in [0.3, 0.4) is 0 Å². The third-order valence-electron chi connectivity index (χ3n) is 4.24.